The number of rotatable bonds is 34. The molecule has 1 N–H and O–H groups in total. The minimum Gasteiger partial charge on any atom is -0.798 e. The summed E-state index contributed by atoms with van der Waals surface area (Å²) in [5.41, 5.74) is 5.28. The van der Waals surface area contributed by atoms with Gasteiger partial charge >= 0.3 is 66.1 Å². The predicted octanol–water partition coefficient (Wildman–Crippen LogP) is 15.8. The molecule has 0 saturated heterocycles. The fraction of sp³-hybridized carbons (Fsp3) is 0.431. The summed E-state index contributed by atoms with van der Waals surface area (Å²) in [6.07, 6.45) is 6.30. The number of hydrogen-bond donors (Lipinski definition) is 1. The number of ether oxygens (including phenoxy) is 5. The minimum absolute atomic E-state index is 0. The van der Waals surface area contributed by atoms with E-state index in [9.17, 15) is 41.9 Å². The molecule has 6 aromatic carbocycles. The van der Waals surface area contributed by atoms with Gasteiger partial charge in [0.2, 0.25) is 7.37 Å². The van der Waals surface area contributed by atoms with Crippen molar-refractivity contribution in [2.75, 3.05) is 83.5 Å². The van der Waals surface area contributed by atoms with E-state index >= 15 is 0 Å². The average Bonchev–Trinajstić information content (AvgIpc) is 0.838. The molecule has 6 aromatic rings. The Bertz CT molecular complexity index is 3420. The molecule has 23 nitrogen and oxygen atoms in total. The first-order valence-electron chi connectivity index (χ1n) is 32.4. The number of carbonyl (C=O) groups excluding carboxylic acids is 8. The first kappa shape index (κ1) is 110. The number of nitrogens with one attached hydrogen (secondary N) is 1. The quantitative estimate of drug-likeness (QED) is 0.0129. The third kappa shape index (κ3) is 73.9. The molecule has 0 saturated carbocycles. The molecule has 0 aliphatic carbocycles. The van der Waals surface area contributed by atoms with Gasteiger partial charge in [0.15, 0.2) is 6.49 Å². The van der Waals surface area contributed by atoms with E-state index in [2.05, 4.69) is 62.7 Å². The first-order valence-corrected chi connectivity index (χ1v) is 48.1. The van der Waals surface area contributed by atoms with Gasteiger partial charge in [0.25, 0.3) is 0 Å². The Labute approximate surface area is 668 Å². The molecule has 0 fully saturated rings. The van der Waals surface area contributed by atoms with Crippen LogP contribution < -0.4 is 43.8 Å². The Balaban J connectivity index is -0.000000379. The molecular formula is C72H102Cl4NNaO22P6. The van der Waals surface area contributed by atoms with Gasteiger partial charge in [-0.2, -0.15) is 28.8 Å². The van der Waals surface area contributed by atoms with E-state index in [0.717, 1.165) is 59.4 Å². The van der Waals surface area contributed by atoms with E-state index in [4.69, 9.17) is 84.3 Å². The smallest absolute Gasteiger partial charge is 0.798 e. The molecule has 34 heteroatoms. The third-order valence-electron chi connectivity index (χ3n) is 12.7. The number of carbonyl (C=O) groups is 2. The van der Waals surface area contributed by atoms with Gasteiger partial charge in [-0.05, 0) is 120 Å². The summed E-state index contributed by atoms with van der Waals surface area (Å²) in [4.78, 5) is 80.9. The Morgan fingerprint density at radius 2 is 0.689 bits per heavy atom. The van der Waals surface area contributed by atoms with Crippen molar-refractivity contribution in [3.05, 3.63) is 210 Å². The van der Waals surface area contributed by atoms with Crippen LogP contribution in [0.15, 0.2) is 182 Å². The summed E-state index contributed by atoms with van der Waals surface area (Å²) in [6, 6.07) is 57.9. The molecule has 0 bridgehead atoms. The second-order valence-corrected chi connectivity index (χ2v) is 42.4. The molecule has 9 atom stereocenters. The van der Waals surface area contributed by atoms with Crippen LogP contribution in [-0.2, 0) is 127 Å². The minimum atomic E-state index is -3.50. The fourth-order valence-electron chi connectivity index (χ4n) is 7.40. The molecule has 0 aliphatic rings. The van der Waals surface area contributed by atoms with E-state index in [0.29, 0.717) is 69.4 Å². The van der Waals surface area contributed by atoms with Crippen molar-refractivity contribution in [3.63, 3.8) is 0 Å². The molecule has 0 aromatic heterocycles. The number of hydrogen-bond acceptors (Lipinski definition) is 23. The van der Waals surface area contributed by atoms with E-state index in [-0.39, 0.29) is 73.2 Å². The van der Waals surface area contributed by atoms with Crippen LogP contribution in [0.5, 0.6) is 5.75 Å². The molecule has 0 spiro atoms. The van der Waals surface area contributed by atoms with Gasteiger partial charge in [0.05, 0.1) is 58.2 Å². The average molecular weight is 1680 g/mol. The van der Waals surface area contributed by atoms with Crippen molar-refractivity contribution >= 4 is 118 Å². The Kier molecular flexibility index (Phi) is 70.5. The largest absolute Gasteiger partial charge is 1.00 e. The van der Waals surface area contributed by atoms with E-state index < -0.39 is 53.6 Å². The SMILES string of the molecule is CCC(C)C[P@@](C)(=O)COCc1ccccc1.CCC(C)C[P@@](C)(=O)COCc1ccccc1.CCC(C)NCl.CCP(=O)(Oc1ccccc1)OP(C)(=O)COCc1ccccc1.CP(=O)(Cl)COCc1ccccc1.CP(=O)([O-])COCc1ccccc1.O=C(Cl)C(=O)Cl.O=C=O.O=C=O.O=C=O.[Na+]. The number of halogens is 4. The van der Waals surface area contributed by atoms with Crippen molar-refractivity contribution in [2.45, 2.75) is 107 Å². The monoisotopic (exact) mass is 1680 g/mol. The topological polar surface area (TPSA) is 339 Å². The van der Waals surface area contributed by atoms with Crippen molar-refractivity contribution < 1.29 is 133 Å². The fourth-order valence-corrected chi connectivity index (χ4v) is 16.8. The zero-order chi connectivity index (χ0) is 80.7. The van der Waals surface area contributed by atoms with Crippen LogP contribution in [0.3, 0.4) is 0 Å². The summed E-state index contributed by atoms with van der Waals surface area (Å²) >= 11 is 19.7. The molecule has 0 aliphatic heterocycles. The first-order chi connectivity index (χ1) is 49.3. The van der Waals surface area contributed by atoms with Gasteiger partial charge in [-0.25, -0.2) is 13.7 Å². The summed E-state index contributed by atoms with van der Waals surface area (Å²) in [7, 11) is -14.2. The van der Waals surface area contributed by atoms with E-state index in [1.54, 1.807) is 31.2 Å². The number of benzene rings is 6. The van der Waals surface area contributed by atoms with Crippen molar-refractivity contribution in [3.8, 4) is 5.75 Å². The Hall–Kier alpha value is -4.18. The normalized spacial score (nSPS) is 14.1. The molecule has 0 radical (unpaired) electrons. The van der Waals surface area contributed by atoms with Gasteiger partial charge in [-0.1, -0.05) is 235 Å². The van der Waals surface area contributed by atoms with Crippen LogP contribution >= 0.6 is 89.3 Å². The van der Waals surface area contributed by atoms with Crippen molar-refractivity contribution in [2.24, 2.45) is 11.8 Å². The molecule has 0 heterocycles. The van der Waals surface area contributed by atoms with Crippen LogP contribution in [-0.4, -0.2) is 119 Å². The summed E-state index contributed by atoms with van der Waals surface area (Å²) < 4.78 is 109. The van der Waals surface area contributed by atoms with Gasteiger partial charge in [-0.3, -0.25) is 14.2 Å². The van der Waals surface area contributed by atoms with Crippen molar-refractivity contribution in [1.29, 1.82) is 0 Å². The van der Waals surface area contributed by atoms with Crippen LogP contribution in [0.2, 0.25) is 0 Å². The van der Waals surface area contributed by atoms with Gasteiger partial charge in [0, 0.05) is 39.1 Å². The number of para-hydroxylation sites is 1. The second-order valence-electron chi connectivity index (χ2n) is 23.4. The molecule has 6 rings (SSSR count). The second kappa shape index (κ2) is 67.7. The van der Waals surface area contributed by atoms with E-state index in [1.807, 2.05) is 178 Å². The summed E-state index contributed by atoms with van der Waals surface area (Å²) in [6.45, 7) is 21.8. The van der Waals surface area contributed by atoms with Gasteiger partial charge in [0.1, 0.15) is 32.7 Å². The van der Waals surface area contributed by atoms with E-state index in [1.165, 1.54) is 20.0 Å². The van der Waals surface area contributed by atoms with Gasteiger partial charge in [-0.15, -0.1) is 0 Å². The zero-order valence-electron chi connectivity index (χ0n) is 62.5. The van der Waals surface area contributed by atoms with Crippen molar-refractivity contribution in [1.82, 2.24) is 4.84 Å². The zero-order valence-corrected chi connectivity index (χ0v) is 72.9. The molecule has 586 valence electrons. The van der Waals surface area contributed by atoms with Gasteiger partial charge < -0.3 is 51.4 Å². The maximum absolute atomic E-state index is 12.7. The Morgan fingerprint density at radius 1 is 0.434 bits per heavy atom. The molecule has 0 amide bonds. The molecule has 106 heavy (non-hydrogen) atoms. The van der Waals surface area contributed by atoms with Crippen LogP contribution in [0.4, 0.5) is 0 Å². The Morgan fingerprint density at radius 3 is 0.906 bits per heavy atom. The molecular weight excluding hydrogens is 1580 g/mol. The standard InChI is InChI=1S/C17H22O5P2.2C14H23O2P.C9H12ClO2P.C9H13O3P.C4H10ClN.C2Cl2O2.3CO2.Na/c1-3-24(19,21-17-12-8-5-9-13-17)22-23(2,18)15-20-14-16-10-6-4-7-11-16;2*1-4-13(2)11-17(3,15)12-16-10-14-8-6-5-7-9-14;2*1-13(10,11)8-12-7-9-5-3-2-4-6-9;1-3-4(2)6-5;3-1(5)2(4)6;3*2-1-3;/h4-13H,3,14-15H2,1-2H3;2*5-9,13H,4,10-12H2,1-3H3;2-6H,7-8H2,1H3;2-6H,7-8H2,1H3,(H,10,11);4,6H,3H2,1-2H3;;;;;/q;;;;;;;;;;+1/p-1/t;2*13?,17-;;;;;;;;/m.11......../s1. The molecule has 7 unspecified atom stereocenters. The third-order valence-corrected chi connectivity index (χ3v) is 23.6. The summed E-state index contributed by atoms with van der Waals surface area (Å²) in [5, 5.41) is -2.28. The predicted molar refractivity (Wildman–Crippen MR) is 414 cm³/mol. The van der Waals surface area contributed by atoms with Crippen LogP contribution in [0.1, 0.15) is 95.5 Å². The summed E-state index contributed by atoms with van der Waals surface area (Å²) in [5.74, 6) is 1.46. The maximum Gasteiger partial charge on any atom is 1.00 e. The maximum atomic E-state index is 12.7. The van der Waals surface area contributed by atoms with Crippen LogP contribution in [0, 0.1) is 11.8 Å². The van der Waals surface area contributed by atoms with Crippen LogP contribution in [0.25, 0.3) is 0 Å².